The number of methoxy groups -OCH3 is 1. The summed E-state index contributed by atoms with van der Waals surface area (Å²) in [5.74, 6) is 1.17. The maximum atomic E-state index is 12.6. The molecule has 3 rings (SSSR count). The average Bonchev–Trinajstić information content (AvgIpc) is 2.74. The molecule has 168 valence electrons. The van der Waals surface area contributed by atoms with E-state index in [4.69, 9.17) is 9.47 Å². The van der Waals surface area contributed by atoms with Crippen molar-refractivity contribution in [2.45, 2.75) is 57.8 Å². The highest BCUT2D eigenvalue weighted by atomic mass is 16.5. The fourth-order valence-corrected chi connectivity index (χ4v) is 4.26. The van der Waals surface area contributed by atoms with Gasteiger partial charge in [-0.2, -0.15) is 0 Å². The molecule has 2 aliphatic heterocycles. The predicted molar refractivity (Wildman–Crippen MR) is 117 cm³/mol. The number of benzene rings is 1. The van der Waals surface area contributed by atoms with Gasteiger partial charge in [-0.05, 0) is 64.3 Å². The van der Waals surface area contributed by atoms with Crippen LogP contribution in [0.3, 0.4) is 0 Å². The van der Waals surface area contributed by atoms with Gasteiger partial charge in [-0.1, -0.05) is 0 Å². The van der Waals surface area contributed by atoms with E-state index in [1.165, 1.54) is 0 Å². The molecule has 1 aromatic rings. The number of ether oxygens (including phenoxy) is 2. The number of carbonyl (C=O) groups excluding carboxylic acids is 1. The lowest BCUT2D eigenvalue weighted by atomic mass is 10.1. The Morgan fingerprint density at radius 3 is 2.63 bits per heavy atom. The number of carbonyl (C=O) groups is 1. The van der Waals surface area contributed by atoms with Crippen molar-refractivity contribution in [1.82, 2.24) is 15.1 Å². The van der Waals surface area contributed by atoms with Gasteiger partial charge in [0.1, 0.15) is 6.10 Å². The smallest absolute Gasteiger partial charge is 0.251 e. The Hall–Kier alpha value is -1.83. The highest BCUT2D eigenvalue weighted by Gasteiger charge is 2.23. The van der Waals surface area contributed by atoms with E-state index in [2.05, 4.69) is 29.0 Å². The number of aliphatic hydroxyl groups is 1. The fraction of sp³-hybridized carbons (Fsp3) is 0.696. The van der Waals surface area contributed by atoms with Crippen LogP contribution in [0, 0.1) is 0 Å². The van der Waals surface area contributed by atoms with Crippen molar-refractivity contribution >= 4 is 5.91 Å². The highest BCUT2D eigenvalue weighted by molar-refractivity contribution is 5.94. The van der Waals surface area contributed by atoms with E-state index in [9.17, 15) is 9.90 Å². The van der Waals surface area contributed by atoms with Crippen LogP contribution in [0.4, 0.5) is 0 Å². The number of nitrogens with zero attached hydrogens (tertiary/aromatic N) is 2. The lowest BCUT2D eigenvalue weighted by Gasteiger charge is -2.34. The van der Waals surface area contributed by atoms with Gasteiger partial charge >= 0.3 is 0 Å². The van der Waals surface area contributed by atoms with Crippen LogP contribution in [0.25, 0.3) is 0 Å². The Labute approximate surface area is 180 Å². The number of nitrogens with one attached hydrogen (secondary N) is 1. The summed E-state index contributed by atoms with van der Waals surface area (Å²) in [5.41, 5.74) is 0.573. The molecule has 2 N–H and O–H groups in total. The van der Waals surface area contributed by atoms with E-state index in [0.29, 0.717) is 36.2 Å². The summed E-state index contributed by atoms with van der Waals surface area (Å²) < 4.78 is 11.7. The van der Waals surface area contributed by atoms with Crippen molar-refractivity contribution < 1.29 is 19.4 Å². The van der Waals surface area contributed by atoms with Gasteiger partial charge in [0, 0.05) is 44.3 Å². The second-order valence-corrected chi connectivity index (χ2v) is 8.67. The maximum Gasteiger partial charge on any atom is 0.251 e. The number of hydrogen-bond donors (Lipinski definition) is 2. The Kier molecular flexibility index (Phi) is 8.36. The van der Waals surface area contributed by atoms with Gasteiger partial charge in [-0.25, -0.2) is 0 Å². The Morgan fingerprint density at radius 2 is 1.97 bits per heavy atom. The van der Waals surface area contributed by atoms with Gasteiger partial charge in [-0.15, -0.1) is 0 Å². The molecule has 1 amide bonds. The van der Waals surface area contributed by atoms with Crippen molar-refractivity contribution in [1.29, 1.82) is 0 Å². The van der Waals surface area contributed by atoms with Crippen LogP contribution in [0.15, 0.2) is 18.2 Å². The lowest BCUT2D eigenvalue weighted by Crippen LogP contribution is -2.42. The Morgan fingerprint density at radius 1 is 1.20 bits per heavy atom. The minimum absolute atomic E-state index is 0.116. The quantitative estimate of drug-likeness (QED) is 0.673. The number of likely N-dealkylation sites (tertiary alicyclic amines) is 2. The molecule has 0 aliphatic carbocycles. The molecule has 30 heavy (non-hydrogen) atoms. The van der Waals surface area contributed by atoms with Crippen LogP contribution >= 0.6 is 0 Å². The maximum absolute atomic E-state index is 12.6. The SMILES string of the molecule is COc1ccc(C(=O)NCCN2CCC[C@H](O)C2)cc1OC1CCN(C(C)C)CC1. The van der Waals surface area contributed by atoms with Crippen molar-refractivity contribution in [3.8, 4) is 11.5 Å². The number of piperidine rings is 2. The molecule has 0 radical (unpaired) electrons. The van der Waals surface area contributed by atoms with E-state index < -0.39 is 0 Å². The Bertz CT molecular complexity index is 689. The largest absolute Gasteiger partial charge is 0.493 e. The molecule has 2 saturated heterocycles. The molecule has 0 spiro atoms. The third-order valence-electron chi connectivity index (χ3n) is 6.12. The topological polar surface area (TPSA) is 74.3 Å². The number of hydrogen-bond acceptors (Lipinski definition) is 6. The predicted octanol–water partition coefficient (Wildman–Crippen LogP) is 2.13. The van der Waals surface area contributed by atoms with Gasteiger partial charge in [0.25, 0.3) is 5.91 Å². The summed E-state index contributed by atoms with van der Waals surface area (Å²) in [4.78, 5) is 17.3. The highest BCUT2D eigenvalue weighted by Crippen LogP contribution is 2.31. The molecule has 7 heteroatoms. The standard InChI is InChI=1S/C23H37N3O4/c1-17(2)26-12-8-20(9-13-26)30-22-15-18(6-7-21(22)29-3)23(28)24-10-14-25-11-4-5-19(27)16-25/h6-7,15,17,19-20,27H,4-5,8-14,16H2,1-3H3,(H,24,28)/t19-/m0/s1. The zero-order valence-corrected chi connectivity index (χ0v) is 18.6. The first-order chi connectivity index (χ1) is 14.5. The minimum Gasteiger partial charge on any atom is -0.493 e. The monoisotopic (exact) mass is 419 g/mol. The number of amides is 1. The van der Waals surface area contributed by atoms with E-state index in [0.717, 1.165) is 51.9 Å². The molecule has 0 aromatic heterocycles. The third kappa shape index (κ3) is 6.33. The van der Waals surface area contributed by atoms with Crippen molar-refractivity contribution in [2.75, 3.05) is 46.4 Å². The van der Waals surface area contributed by atoms with Crippen LogP contribution in [0.2, 0.25) is 0 Å². The first kappa shape index (κ1) is 22.8. The Balaban J connectivity index is 1.53. The molecule has 0 saturated carbocycles. The summed E-state index contributed by atoms with van der Waals surface area (Å²) in [6.45, 7) is 9.46. The first-order valence-corrected chi connectivity index (χ1v) is 11.2. The van der Waals surface area contributed by atoms with Gasteiger partial charge in [0.2, 0.25) is 0 Å². The van der Waals surface area contributed by atoms with Crippen molar-refractivity contribution in [3.05, 3.63) is 23.8 Å². The molecule has 0 bridgehead atoms. The minimum atomic E-state index is -0.247. The molecule has 2 aliphatic rings. The van der Waals surface area contributed by atoms with Crippen LogP contribution in [0.5, 0.6) is 11.5 Å². The summed E-state index contributed by atoms with van der Waals surface area (Å²) >= 11 is 0. The van der Waals surface area contributed by atoms with Gasteiger partial charge < -0.3 is 24.8 Å². The average molecular weight is 420 g/mol. The number of rotatable bonds is 8. The zero-order valence-electron chi connectivity index (χ0n) is 18.6. The van der Waals surface area contributed by atoms with E-state index in [-0.39, 0.29) is 18.1 Å². The molecular formula is C23H37N3O4. The summed E-state index contributed by atoms with van der Waals surface area (Å²) in [6.07, 6.45) is 3.71. The van der Waals surface area contributed by atoms with Crippen LogP contribution in [-0.2, 0) is 0 Å². The molecule has 7 nitrogen and oxygen atoms in total. The zero-order chi connectivity index (χ0) is 21.5. The fourth-order valence-electron chi connectivity index (χ4n) is 4.26. The summed E-state index contributed by atoms with van der Waals surface area (Å²) in [5, 5.41) is 12.7. The second-order valence-electron chi connectivity index (χ2n) is 8.67. The molecular weight excluding hydrogens is 382 g/mol. The molecule has 1 atom stereocenters. The van der Waals surface area contributed by atoms with E-state index in [1.807, 2.05) is 0 Å². The van der Waals surface area contributed by atoms with Crippen molar-refractivity contribution in [2.24, 2.45) is 0 Å². The van der Waals surface area contributed by atoms with Crippen molar-refractivity contribution in [3.63, 3.8) is 0 Å². The van der Waals surface area contributed by atoms with Crippen LogP contribution in [0.1, 0.15) is 49.9 Å². The lowest BCUT2D eigenvalue weighted by molar-refractivity contribution is 0.0702. The number of β-amino-alcohol motifs (C(OH)–C–C–N with tert-alkyl or cyclic N) is 1. The molecule has 2 fully saturated rings. The van der Waals surface area contributed by atoms with Gasteiger partial charge in [-0.3, -0.25) is 9.69 Å². The second kappa shape index (κ2) is 11.0. The van der Waals surface area contributed by atoms with Gasteiger partial charge in [0.05, 0.1) is 13.2 Å². The van der Waals surface area contributed by atoms with E-state index >= 15 is 0 Å². The molecule has 2 heterocycles. The van der Waals surface area contributed by atoms with Crippen LogP contribution in [-0.4, -0.2) is 85.4 Å². The number of aliphatic hydroxyl groups excluding tert-OH is 1. The van der Waals surface area contributed by atoms with Gasteiger partial charge in [0.15, 0.2) is 11.5 Å². The van der Waals surface area contributed by atoms with Crippen LogP contribution < -0.4 is 14.8 Å². The molecule has 0 unspecified atom stereocenters. The summed E-state index contributed by atoms with van der Waals surface area (Å²) in [7, 11) is 1.62. The van der Waals surface area contributed by atoms with E-state index in [1.54, 1.807) is 25.3 Å². The third-order valence-corrected chi connectivity index (χ3v) is 6.12. The summed E-state index contributed by atoms with van der Waals surface area (Å²) in [6, 6.07) is 5.91. The first-order valence-electron chi connectivity index (χ1n) is 11.2. The normalized spacial score (nSPS) is 21.6. The molecule has 1 aromatic carbocycles.